The first-order valence-electron chi connectivity index (χ1n) is 6.35. The molecule has 0 unspecified atom stereocenters. The molecule has 110 valence electrons. The predicted molar refractivity (Wildman–Crippen MR) is 74.1 cm³/mol. The molecule has 0 bridgehead atoms. The second kappa shape index (κ2) is 9.98. The van der Waals surface area contributed by atoms with Crippen molar-refractivity contribution in [1.29, 1.82) is 5.41 Å². The summed E-state index contributed by atoms with van der Waals surface area (Å²) in [6, 6.07) is 0. The smallest absolute Gasteiger partial charge is 0.332 e. The van der Waals surface area contributed by atoms with E-state index in [9.17, 15) is 4.79 Å². The number of hydrogen-bond acceptors (Lipinski definition) is 4. The number of rotatable bonds is 8. The molecule has 0 rings (SSSR count). The molecule has 8 nitrogen and oxygen atoms in total. The van der Waals surface area contributed by atoms with E-state index in [1.54, 1.807) is 6.92 Å². The molecule has 0 saturated heterocycles. The lowest BCUT2D eigenvalue weighted by molar-refractivity contribution is -0.173. The topological polar surface area (TPSA) is 144 Å². The summed E-state index contributed by atoms with van der Waals surface area (Å²) in [5.74, 6) is -0.556. The van der Waals surface area contributed by atoms with Crippen LogP contribution in [0.4, 0.5) is 0 Å². The third-order valence-corrected chi connectivity index (χ3v) is 2.33. The maximum absolute atomic E-state index is 11.1. The van der Waals surface area contributed by atoms with Crippen molar-refractivity contribution < 1.29 is 9.63 Å². The molecule has 0 amide bonds. The highest BCUT2D eigenvalue weighted by Crippen LogP contribution is 2.03. The van der Waals surface area contributed by atoms with Gasteiger partial charge in [0.15, 0.2) is 5.96 Å². The minimum absolute atomic E-state index is 0.106. The van der Waals surface area contributed by atoms with Gasteiger partial charge in [-0.15, -0.1) is 0 Å². The zero-order chi connectivity index (χ0) is 14.7. The molecule has 0 spiro atoms. The number of guanidine groups is 2. The van der Waals surface area contributed by atoms with Crippen LogP contribution in [-0.4, -0.2) is 36.0 Å². The Kier molecular flexibility index (Phi) is 8.94. The van der Waals surface area contributed by atoms with E-state index in [4.69, 9.17) is 27.4 Å². The number of nitrogens with two attached hydrogens (primary N) is 3. The highest BCUT2D eigenvalue weighted by atomic mass is 16.7. The van der Waals surface area contributed by atoms with E-state index >= 15 is 0 Å². The fourth-order valence-corrected chi connectivity index (χ4v) is 1.33. The molecular weight excluding hydrogens is 248 g/mol. The minimum Gasteiger partial charge on any atom is -0.370 e. The molecule has 0 heterocycles. The van der Waals surface area contributed by atoms with Crippen LogP contribution in [0.1, 0.15) is 39.0 Å². The standard InChI is InChI=1S/C11H24N6O2/c1-2-9(18)19-17(11(14)15)8-6-4-3-5-7-16-10(12)13/h2-8H2,1H3,(H3,14,15)(H4,12,13,16). The van der Waals surface area contributed by atoms with Crippen LogP contribution in [-0.2, 0) is 9.63 Å². The fourth-order valence-electron chi connectivity index (χ4n) is 1.33. The summed E-state index contributed by atoms with van der Waals surface area (Å²) < 4.78 is 0. The maximum Gasteiger partial charge on any atom is 0.332 e. The summed E-state index contributed by atoms with van der Waals surface area (Å²) in [6.07, 6.45) is 3.81. The number of nitrogens with zero attached hydrogens (tertiary/aromatic N) is 2. The third kappa shape index (κ3) is 9.69. The van der Waals surface area contributed by atoms with Gasteiger partial charge in [0.2, 0.25) is 5.96 Å². The van der Waals surface area contributed by atoms with Gasteiger partial charge in [0, 0.05) is 13.0 Å². The Bertz CT molecular complexity index is 314. The summed E-state index contributed by atoms with van der Waals surface area (Å²) in [6.45, 7) is 2.72. The van der Waals surface area contributed by atoms with E-state index in [0.717, 1.165) is 30.7 Å². The van der Waals surface area contributed by atoms with E-state index in [0.29, 0.717) is 13.1 Å². The zero-order valence-electron chi connectivity index (χ0n) is 11.4. The number of carbonyl (C=O) groups excluding carboxylic acids is 1. The van der Waals surface area contributed by atoms with Crippen molar-refractivity contribution in [2.75, 3.05) is 13.1 Å². The van der Waals surface area contributed by atoms with Crippen molar-refractivity contribution in [2.45, 2.75) is 39.0 Å². The van der Waals surface area contributed by atoms with Crippen LogP contribution in [0.5, 0.6) is 0 Å². The lowest BCUT2D eigenvalue weighted by Gasteiger charge is -2.20. The molecule has 8 heteroatoms. The number of hydroxylamine groups is 2. The Morgan fingerprint density at radius 2 is 1.84 bits per heavy atom. The van der Waals surface area contributed by atoms with Gasteiger partial charge in [-0.05, 0) is 12.8 Å². The average Bonchev–Trinajstić information content (AvgIpc) is 2.35. The van der Waals surface area contributed by atoms with E-state index in [-0.39, 0.29) is 18.3 Å². The second-order valence-electron chi connectivity index (χ2n) is 4.02. The molecule has 0 saturated carbocycles. The van der Waals surface area contributed by atoms with Crippen LogP contribution >= 0.6 is 0 Å². The predicted octanol–water partition coefficient (Wildman–Crippen LogP) is -0.116. The summed E-state index contributed by atoms with van der Waals surface area (Å²) in [7, 11) is 0. The molecule has 0 fully saturated rings. The molecule has 0 radical (unpaired) electrons. The third-order valence-electron chi connectivity index (χ3n) is 2.33. The van der Waals surface area contributed by atoms with Crippen molar-refractivity contribution >= 4 is 17.9 Å². The number of carbonyl (C=O) groups is 1. The van der Waals surface area contributed by atoms with Crippen molar-refractivity contribution in [3.05, 3.63) is 0 Å². The van der Waals surface area contributed by atoms with Gasteiger partial charge in [-0.25, -0.2) is 4.79 Å². The average molecular weight is 272 g/mol. The molecule has 0 aromatic carbocycles. The highest BCUT2D eigenvalue weighted by Gasteiger charge is 2.11. The normalized spacial score (nSPS) is 9.74. The second-order valence-corrected chi connectivity index (χ2v) is 4.02. The summed E-state index contributed by atoms with van der Waals surface area (Å²) in [4.78, 5) is 19.9. The van der Waals surface area contributed by atoms with Gasteiger partial charge in [0.25, 0.3) is 0 Å². The molecule has 7 N–H and O–H groups in total. The summed E-state index contributed by atoms with van der Waals surface area (Å²) in [5.41, 5.74) is 15.7. The van der Waals surface area contributed by atoms with E-state index < -0.39 is 5.97 Å². The van der Waals surface area contributed by atoms with Gasteiger partial charge in [-0.3, -0.25) is 10.4 Å². The summed E-state index contributed by atoms with van der Waals surface area (Å²) >= 11 is 0. The van der Waals surface area contributed by atoms with Gasteiger partial charge < -0.3 is 22.0 Å². The first kappa shape index (κ1) is 17.0. The van der Waals surface area contributed by atoms with E-state index in [1.807, 2.05) is 0 Å². The van der Waals surface area contributed by atoms with Gasteiger partial charge in [0.05, 0.1) is 6.54 Å². The van der Waals surface area contributed by atoms with Crippen LogP contribution in [0.25, 0.3) is 0 Å². The first-order chi connectivity index (χ1) is 8.97. The number of unbranched alkanes of at least 4 members (excludes halogenated alkanes) is 3. The molecular formula is C11H24N6O2. The molecule has 0 aromatic rings. The Morgan fingerprint density at radius 1 is 1.21 bits per heavy atom. The van der Waals surface area contributed by atoms with Crippen molar-refractivity contribution in [3.63, 3.8) is 0 Å². The quantitative estimate of drug-likeness (QED) is 0.210. The minimum atomic E-state index is -0.400. The zero-order valence-corrected chi connectivity index (χ0v) is 11.4. The maximum atomic E-state index is 11.1. The Morgan fingerprint density at radius 3 is 2.37 bits per heavy atom. The Hall–Kier alpha value is -1.99. The fraction of sp³-hybridized carbons (Fsp3) is 0.727. The molecule has 0 aliphatic carbocycles. The van der Waals surface area contributed by atoms with Crippen LogP contribution in [0.15, 0.2) is 4.99 Å². The van der Waals surface area contributed by atoms with Crippen molar-refractivity contribution in [2.24, 2.45) is 22.2 Å². The summed E-state index contributed by atoms with van der Waals surface area (Å²) in [5, 5.41) is 8.41. The lowest BCUT2D eigenvalue weighted by atomic mass is 10.2. The molecule has 0 atom stereocenters. The van der Waals surface area contributed by atoms with Crippen LogP contribution < -0.4 is 17.2 Å². The number of aliphatic imine (C=N–C) groups is 1. The van der Waals surface area contributed by atoms with Crippen LogP contribution in [0.2, 0.25) is 0 Å². The molecule has 0 aliphatic heterocycles. The van der Waals surface area contributed by atoms with Gasteiger partial charge in [-0.2, -0.15) is 5.06 Å². The molecule has 0 aliphatic rings. The largest absolute Gasteiger partial charge is 0.370 e. The Labute approximate surface area is 113 Å². The molecule has 0 aromatic heterocycles. The van der Waals surface area contributed by atoms with Gasteiger partial charge >= 0.3 is 5.97 Å². The number of hydrogen-bond donors (Lipinski definition) is 4. The van der Waals surface area contributed by atoms with Gasteiger partial charge in [-0.1, -0.05) is 19.8 Å². The highest BCUT2D eigenvalue weighted by molar-refractivity contribution is 5.76. The first-order valence-corrected chi connectivity index (χ1v) is 6.35. The van der Waals surface area contributed by atoms with Crippen molar-refractivity contribution in [1.82, 2.24) is 5.06 Å². The lowest BCUT2D eigenvalue weighted by Crippen LogP contribution is -2.38. The van der Waals surface area contributed by atoms with E-state index in [2.05, 4.69) is 4.99 Å². The van der Waals surface area contributed by atoms with E-state index in [1.165, 1.54) is 0 Å². The molecule has 19 heavy (non-hydrogen) atoms. The van der Waals surface area contributed by atoms with Crippen LogP contribution in [0.3, 0.4) is 0 Å². The van der Waals surface area contributed by atoms with Crippen LogP contribution in [0, 0.1) is 5.41 Å². The van der Waals surface area contributed by atoms with Crippen molar-refractivity contribution in [3.8, 4) is 0 Å². The SMILES string of the molecule is CCC(=O)ON(CCCCCCN=C(N)N)C(=N)N. The Balaban J connectivity index is 3.73. The number of nitrogens with one attached hydrogen (secondary N) is 1. The monoisotopic (exact) mass is 272 g/mol. The van der Waals surface area contributed by atoms with Gasteiger partial charge in [0.1, 0.15) is 0 Å².